The summed E-state index contributed by atoms with van der Waals surface area (Å²) >= 11 is 0. The van der Waals surface area contributed by atoms with E-state index < -0.39 is 12.0 Å². The van der Waals surface area contributed by atoms with Gasteiger partial charge in [0.05, 0.1) is 7.11 Å². The van der Waals surface area contributed by atoms with Gasteiger partial charge in [-0.2, -0.15) is 0 Å². The lowest BCUT2D eigenvalue weighted by atomic mass is 10.2. The maximum atomic E-state index is 11.4. The van der Waals surface area contributed by atoms with Crippen LogP contribution in [-0.4, -0.2) is 30.8 Å². The second kappa shape index (κ2) is 6.88. The van der Waals surface area contributed by atoms with Gasteiger partial charge < -0.3 is 20.9 Å². The number of aliphatic hydroxyl groups excluding tert-OH is 1. The molecule has 0 spiro atoms. The fourth-order valence-corrected chi connectivity index (χ4v) is 1.38. The van der Waals surface area contributed by atoms with Crippen LogP contribution in [0.1, 0.15) is 12.0 Å². The summed E-state index contributed by atoms with van der Waals surface area (Å²) in [6.07, 6.45) is -0.769. The first-order valence-corrected chi connectivity index (χ1v) is 5.46. The standard InChI is InChI=1S/C12H18N2O3/c1-17-10-4-2-3-9(7-10)8-14-12(16)11(15)5-6-13/h2-4,7,11,15H,5-6,8,13H2,1H3,(H,14,16). The van der Waals surface area contributed by atoms with Gasteiger partial charge in [-0.15, -0.1) is 0 Å². The fourth-order valence-electron chi connectivity index (χ4n) is 1.38. The van der Waals surface area contributed by atoms with Crippen molar-refractivity contribution in [3.8, 4) is 5.75 Å². The highest BCUT2D eigenvalue weighted by molar-refractivity contribution is 5.80. The van der Waals surface area contributed by atoms with Crippen molar-refractivity contribution < 1.29 is 14.6 Å². The number of carbonyl (C=O) groups is 1. The SMILES string of the molecule is COc1cccc(CNC(=O)C(O)CCN)c1. The van der Waals surface area contributed by atoms with E-state index in [0.717, 1.165) is 11.3 Å². The molecule has 0 bridgehead atoms. The van der Waals surface area contributed by atoms with E-state index in [0.29, 0.717) is 6.54 Å². The summed E-state index contributed by atoms with van der Waals surface area (Å²) in [5.41, 5.74) is 6.17. The number of rotatable bonds is 6. The molecule has 94 valence electrons. The van der Waals surface area contributed by atoms with Crippen LogP contribution in [0.15, 0.2) is 24.3 Å². The van der Waals surface area contributed by atoms with Gasteiger partial charge in [-0.1, -0.05) is 12.1 Å². The van der Waals surface area contributed by atoms with E-state index in [1.54, 1.807) is 7.11 Å². The molecule has 1 aromatic carbocycles. The molecular weight excluding hydrogens is 220 g/mol. The summed E-state index contributed by atoms with van der Waals surface area (Å²) in [5, 5.41) is 12.0. The van der Waals surface area contributed by atoms with Gasteiger partial charge in [0, 0.05) is 6.54 Å². The number of aliphatic hydroxyl groups is 1. The zero-order valence-electron chi connectivity index (χ0n) is 9.85. The molecule has 0 aromatic heterocycles. The third kappa shape index (κ3) is 4.42. The second-order valence-corrected chi connectivity index (χ2v) is 3.66. The third-order valence-electron chi connectivity index (χ3n) is 2.34. The Balaban J connectivity index is 2.46. The lowest BCUT2D eigenvalue weighted by Crippen LogP contribution is -2.35. The predicted molar refractivity (Wildman–Crippen MR) is 64.5 cm³/mol. The van der Waals surface area contributed by atoms with Crippen molar-refractivity contribution in [1.29, 1.82) is 0 Å². The van der Waals surface area contributed by atoms with E-state index in [2.05, 4.69) is 5.32 Å². The summed E-state index contributed by atoms with van der Waals surface area (Å²) in [7, 11) is 1.59. The van der Waals surface area contributed by atoms with Crippen LogP contribution in [0.25, 0.3) is 0 Å². The van der Waals surface area contributed by atoms with Crippen LogP contribution < -0.4 is 15.8 Å². The Bertz CT molecular complexity index is 369. The van der Waals surface area contributed by atoms with Gasteiger partial charge >= 0.3 is 0 Å². The molecule has 1 rings (SSSR count). The number of methoxy groups -OCH3 is 1. The number of hydrogen-bond acceptors (Lipinski definition) is 4. The van der Waals surface area contributed by atoms with Gasteiger partial charge in [0.25, 0.3) is 0 Å². The zero-order chi connectivity index (χ0) is 12.7. The molecule has 0 aliphatic heterocycles. The zero-order valence-corrected chi connectivity index (χ0v) is 9.85. The maximum Gasteiger partial charge on any atom is 0.249 e. The topological polar surface area (TPSA) is 84.6 Å². The smallest absolute Gasteiger partial charge is 0.249 e. The van der Waals surface area contributed by atoms with E-state index >= 15 is 0 Å². The Morgan fingerprint density at radius 3 is 3.00 bits per heavy atom. The molecule has 0 radical (unpaired) electrons. The average Bonchev–Trinajstić information content (AvgIpc) is 2.36. The van der Waals surface area contributed by atoms with Crippen molar-refractivity contribution >= 4 is 5.91 Å². The average molecular weight is 238 g/mol. The summed E-state index contributed by atoms with van der Waals surface area (Å²) in [5.74, 6) is 0.331. The molecule has 1 amide bonds. The van der Waals surface area contributed by atoms with E-state index in [1.807, 2.05) is 24.3 Å². The monoisotopic (exact) mass is 238 g/mol. The molecule has 1 unspecified atom stereocenters. The van der Waals surface area contributed by atoms with Crippen LogP contribution in [0.4, 0.5) is 0 Å². The van der Waals surface area contributed by atoms with Crippen LogP contribution in [0, 0.1) is 0 Å². The Morgan fingerprint density at radius 1 is 1.59 bits per heavy atom. The molecule has 5 nitrogen and oxygen atoms in total. The van der Waals surface area contributed by atoms with Crippen molar-refractivity contribution in [2.75, 3.05) is 13.7 Å². The molecule has 0 heterocycles. The minimum absolute atomic E-state index is 0.268. The summed E-state index contributed by atoms with van der Waals surface area (Å²) < 4.78 is 5.07. The molecule has 4 N–H and O–H groups in total. The van der Waals surface area contributed by atoms with Crippen LogP contribution in [-0.2, 0) is 11.3 Å². The van der Waals surface area contributed by atoms with Gasteiger partial charge in [0.15, 0.2) is 0 Å². The number of amides is 1. The molecule has 0 fully saturated rings. The number of nitrogens with one attached hydrogen (secondary N) is 1. The molecule has 0 aliphatic rings. The molecule has 1 aromatic rings. The van der Waals surface area contributed by atoms with Crippen LogP contribution in [0.3, 0.4) is 0 Å². The first kappa shape index (κ1) is 13.5. The van der Waals surface area contributed by atoms with Crippen molar-refractivity contribution in [2.45, 2.75) is 19.1 Å². The Labute approximate surface area is 101 Å². The molecule has 5 heteroatoms. The van der Waals surface area contributed by atoms with Gasteiger partial charge in [0.1, 0.15) is 11.9 Å². The van der Waals surface area contributed by atoms with Crippen molar-refractivity contribution in [3.63, 3.8) is 0 Å². The van der Waals surface area contributed by atoms with Crippen molar-refractivity contribution in [2.24, 2.45) is 5.73 Å². The number of nitrogens with two attached hydrogens (primary N) is 1. The summed E-state index contributed by atoms with van der Waals surface area (Å²) in [6, 6.07) is 7.37. The van der Waals surface area contributed by atoms with Crippen molar-refractivity contribution in [3.05, 3.63) is 29.8 Å². The highest BCUT2D eigenvalue weighted by Crippen LogP contribution is 2.12. The lowest BCUT2D eigenvalue weighted by Gasteiger charge is -2.10. The largest absolute Gasteiger partial charge is 0.497 e. The van der Waals surface area contributed by atoms with Gasteiger partial charge in [-0.05, 0) is 30.7 Å². The molecule has 1 atom stereocenters. The van der Waals surface area contributed by atoms with E-state index in [9.17, 15) is 9.90 Å². The quantitative estimate of drug-likeness (QED) is 0.652. The van der Waals surface area contributed by atoms with E-state index in [4.69, 9.17) is 10.5 Å². The molecular formula is C12H18N2O3. The van der Waals surface area contributed by atoms with Crippen molar-refractivity contribution in [1.82, 2.24) is 5.32 Å². The minimum atomic E-state index is -1.04. The maximum absolute atomic E-state index is 11.4. The number of carbonyl (C=O) groups excluding carboxylic acids is 1. The van der Waals surface area contributed by atoms with E-state index in [1.165, 1.54) is 0 Å². The number of ether oxygens (including phenoxy) is 1. The second-order valence-electron chi connectivity index (χ2n) is 3.66. The molecule has 0 saturated heterocycles. The predicted octanol–water partition coefficient (Wildman–Crippen LogP) is 0.0211. The summed E-state index contributed by atoms with van der Waals surface area (Å²) in [6.45, 7) is 0.644. The van der Waals surface area contributed by atoms with Gasteiger partial charge in [-0.25, -0.2) is 0 Å². The fraction of sp³-hybridized carbons (Fsp3) is 0.417. The Kier molecular flexibility index (Phi) is 5.45. The molecule has 17 heavy (non-hydrogen) atoms. The van der Waals surface area contributed by atoms with E-state index in [-0.39, 0.29) is 13.0 Å². The minimum Gasteiger partial charge on any atom is -0.497 e. The summed E-state index contributed by atoms with van der Waals surface area (Å²) in [4.78, 5) is 11.4. The first-order chi connectivity index (χ1) is 8.17. The van der Waals surface area contributed by atoms with Crippen LogP contribution >= 0.6 is 0 Å². The van der Waals surface area contributed by atoms with Gasteiger partial charge in [-0.3, -0.25) is 4.79 Å². The Morgan fingerprint density at radius 2 is 2.35 bits per heavy atom. The number of hydrogen-bond donors (Lipinski definition) is 3. The van der Waals surface area contributed by atoms with Crippen LogP contribution in [0.2, 0.25) is 0 Å². The lowest BCUT2D eigenvalue weighted by molar-refractivity contribution is -0.129. The first-order valence-electron chi connectivity index (χ1n) is 5.46. The Hall–Kier alpha value is -1.59. The van der Waals surface area contributed by atoms with Crippen LogP contribution in [0.5, 0.6) is 5.75 Å². The number of benzene rings is 1. The normalized spacial score (nSPS) is 11.9. The molecule has 0 saturated carbocycles. The highest BCUT2D eigenvalue weighted by Gasteiger charge is 2.12. The third-order valence-corrected chi connectivity index (χ3v) is 2.34. The van der Waals surface area contributed by atoms with Gasteiger partial charge in [0.2, 0.25) is 5.91 Å². The highest BCUT2D eigenvalue weighted by atomic mass is 16.5. The molecule has 0 aliphatic carbocycles.